The molecule has 1 saturated heterocycles. The standard InChI is InChI=1S/C23H21ClF5N5O2/c1-2-32-7-9-33(10-8-32)22(35)34(16-5-6-18(25)17(24)12-16)13-15-4-3-14(11-19(15)26)20-30-31-21(36-20)23(27,28)29/h3-6,11-12H,2,7-10,13H2,1H3. The maximum absolute atomic E-state index is 15.0. The summed E-state index contributed by atoms with van der Waals surface area (Å²) in [6.07, 6.45) is -4.83. The van der Waals surface area contributed by atoms with Crippen molar-refractivity contribution in [2.45, 2.75) is 19.6 Å². The number of carbonyl (C=O) groups excluding carboxylic acids is 1. The Balaban J connectivity index is 1.61. The van der Waals surface area contributed by atoms with Crippen LogP contribution in [0, 0.1) is 11.6 Å². The Hall–Kier alpha value is -3.25. The summed E-state index contributed by atoms with van der Waals surface area (Å²) in [5.41, 5.74) is 0.271. The number of nitrogens with zero attached hydrogens (tertiary/aromatic N) is 5. The van der Waals surface area contributed by atoms with E-state index in [4.69, 9.17) is 11.6 Å². The molecular weight excluding hydrogens is 509 g/mol. The van der Waals surface area contributed by atoms with Crippen molar-refractivity contribution in [3.05, 3.63) is 64.5 Å². The van der Waals surface area contributed by atoms with Crippen LogP contribution >= 0.6 is 11.6 Å². The summed E-state index contributed by atoms with van der Waals surface area (Å²) < 4.78 is 71.6. The van der Waals surface area contributed by atoms with Crippen LogP contribution in [0.1, 0.15) is 18.4 Å². The lowest BCUT2D eigenvalue weighted by Gasteiger charge is -2.37. The van der Waals surface area contributed by atoms with Crippen molar-refractivity contribution in [1.82, 2.24) is 20.0 Å². The largest absolute Gasteiger partial charge is 0.470 e. The monoisotopic (exact) mass is 529 g/mol. The van der Waals surface area contributed by atoms with Crippen LogP contribution < -0.4 is 4.90 Å². The van der Waals surface area contributed by atoms with Gasteiger partial charge in [-0.05, 0) is 36.9 Å². The number of carbonyl (C=O) groups is 1. The Morgan fingerprint density at radius 2 is 1.78 bits per heavy atom. The number of urea groups is 1. The molecule has 2 heterocycles. The minimum atomic E-state index is -4.83. The van der Waals surface area contributed by atoms with Gasteiger partial charge < -0.3 is 14.2 Å². The fourth-order valence-corrected chi connectivity index (χ4v) is 3.96. The molecule has 7 nitrogen and oxygen atoms in total. The number of amides is 2. The smallest absolute Gasteiger partial charge is 0.413 e. The number of piperazine rings is 1. The third-order valence-corrected chi connectivity index (χ3v) is 6.12. The summed E-state index contributed by atoms with van der Waals surface area (Å²) in [4.78, 5) is 18.5. The molecule has 1 aliphatic heterocycles. The van der Waals surface area contributed by atoms with Gasteiger partial charge in [0.25, 0.3) is 0 Å². The van der Waals surface area contributed by atoms with E-state index in [1.807, 2.05) is 6.92 Å². The second-order valence-corrected chi connectivity index (χ2v) is 8.51. The van der Waals surface area contributed by atoms with Gasteiger partial charge >= 0.3 is 18.1 Å². The van der Waals surface area contributed by atoms with Gasteiger partial charge in [0.15, 0.2) is 0 Å². The van der Waals surface area contributed by atoms with E-state index in [1.165, 1.54) is 29.2 Å². The van der Waals surface area contributed by atoms with Gasteiger partial charge in [0.2, 0.25) is 5.89 Å². The zero-order chi connectivity index (χ0) is 26.0. The third-order valence-electron chi connectivity index (χ3n) is 5.83. The number of likely N-dealkylation sites (N-methyl/N-ethyl adjacent to an activating group) is 1. The maximum atomic E-state index is 15.0. The van der Waals surface area contributed by atoms with Gasteiger partial charge in [0.05, 0.1) is 11.6 Å². The van der Waals surface area contributed by atoms with E-state index in [2.05, 4.69) is 19.5 Å². The second-order valence-electron chi connectivity index (χ2n) is 8.10. The average molecular weight is 530 g/mol. The Kier molecular flexibility index (Phi) is 7.46. The number of halogens is 6. The second kappa shape index (κ2) is 10.4. The summed E-state index contributed by atoms with van der Waals surface area (Å²) in [7, 11) is 0. The summed E-state index contributed by atoms with van der Waals surface area (Å²) in [6.45, 7) is 4.89. The molecule has 2 aromatic carbocycles. The van der Waals surface area contributed by atoms with E-state index < -0.39 is 35.6 Å². The van der Waals surface area contributed by atoms with Crippen LogP contribution in [0.15, 0.2) is 40.8 Å². The number of benzene rings is 2. The molecule has 0 radical (unpaired) electrons. The van der Waals surface area contributed by atoms with E-state index in [0.29, 0.717) is 26.2 Å². The molecule has 1 fully saturated rings. The summed E-state index contributed by atoms with van der Waals surface area (Å²) in [5, 5.41) is 6.06. The first-order chi connectivity index (χ1) is 17.1. The van der Waals surface area contributed by atoms with Crippen molar-refractivity contribution in [3.8, 4) is 11.5 Å². The Labute approximate surface area is 208 Å². The number of aromatic nitrogens is 2. The van der Waals surface area contributed by atoms with E-state index in [1.54, 1.807) is 4.90 Å². The van der Waals surface area contributed by atoms with Gasteiger partial charge in [-0.3, -0.25) is 4.90 Å². The highest BCUT2D eigenvalue weighted by molar-refractivity contribution is 6.31. The molecule has 2 amide bonds. The molecule has 192 valence electrons. The van der Waals surface area contributed by atoms with Gasteiger partial charge in [0, 0.05) is 43.0 Å². The molecule has 0 N–H and O–H groups in total. The van der Waals surface area contributed by atoms with Crippen LogP contribution in [0.4, 0.5) is 32.4 Å². The van der Waals surface area contributed by atoms with Crippen LogP contribution in [-0.2, 0) is 12.7 Å². The fraction of sp³-hybridized carbons (Fsp3) is 0.348. The number of alkyl halides is 3. The summed E-state index contributed by atoms with van der Waals surface area (Å²) >= 11 is 5.93. The molecule has 0 bridgehead atoms. The van der Waals surface area contributed by atoms with E-state index in [-0.39, 0.29) is 28.4 Å². The molecule has 13 heteroatoms. The van der Waals surface area contributed by atoms with E-state index in [9.17, 15) is 22.4 Å². The molecule has 1 aromatic heterocycles. The zero-order valence-electron chi connectivity index (χ0n) is 19.0. The molecule has 0 unspecified atom stereocenters. The van der Waals surface area contributed by atoms with Crippen molar-refractivity contribution in [1.29, 1.82) is 0 Å². The van der Waals surface area contributed by atoms with Crippen molar-refractivity contribution >= 4 is 23.3 Å². The highest BCUT2D eigenvalue weighted by atomic mass is 35.5. The fourth-order valence-electron chi connectivity index (χ4n) is 3.78. The molecule has 0 aliphatic carbocycles. The third kappa shape index (κ3) is 5.59. The van der Waals surface area contributed by atoms with Crippen LogP contribution in [0.5, 0.6) is 0 Å². The summed E-state index contributed by atoms with van der Waals surface area (Å²) in [6, 6.07) is 6.91. The lowest BCUT2D eigenvalue weighted by molar-refractivity contribution is -0.156. The highest BCUT2D eigenvalue weighted by Crippen LogP contribution is 2.31. The predicted octanol–water partition coefficient (Wildman–Crippen LogP) is 5.45. The predicted molar refractivity (Wildman–Crippen MR) is 121 cm³/mol. The Morgan fingerprint density at radius 3 is 2.36 bits per heavy atom. The molecular formula is C23H21ClF5N5O2. The maximum Gasteiger partial charge on any atom is 0.470 e. The van der Waals surface area contributed by atoms with Crippen LogP contribution in [0.3, 0.4) is 0 Å². The van der Waals surface area contributed by atoms with Crippen molar-refractivity contribution in [3.63, 3.8) is 0 Å². The van der Waals surface area contributed by atoms with Gasteiger partial charge in [-0.2, -0.15) is 13.2 Å². The lowest BCUT2D eigenvalue weighted by atomic mass is 10.1. The normalized spacial score (nSPS) is 14.8. The SMILES string of the molecule is CCN1CCN(C(=O)N(Cc2ccc(-c3nnc(C(F)(F)F)o3)cc2F)c2ccc(F)c(Cl)c2)CC1. The first-order valence-electron chi connectivity index (χ1n) is 11.0. The minimum absolute atomic E-state index is 0.0577. The van der Waals surface area contributed by atoms with Crippen molar-refractivity contribution in [2.24, 2.45) is 0 Å². The highest BCUT2D eigenvalue weighted by Gasteiger charge is 2.38. The van der Waals surface area contributed by atoms with Gasteiger partial charge in [-0.1, -0.05) is 24.6 Å². The molecule has 1 aliphatic rings. The van der Waals surface area contributed by atoms with Crippen molar-refractivity contribution < 1.29 is 31.2 Å². The molecule has 4 rings (SSSR count). The molecule has 0 spiro atoms. The molecule has 3 aromatic rings. The average Bonchev–Trinajstić information content (AvgIpc) is 3.36. The topological polar surface area (TPSA) is 65.7 Å². The molecule has 36 heavy (non-hydrogen) atoms. The van der Waals surface area contributed by atoms with Gasteiger partial charge in [-0.25, -0.2) is 13.6 Å². The van der Waals surface area contributed by atoms with Crippen LogP contribution in [0.2, 0.25) is 5.02 Å². The van der Waals surface area contributed by atoms with E-state index in [0.717, 1.165) is 18.7 Å². The lowest BCUT2D eigenvalue weighted by Crippen LogP contribution is -2.52. The van der Waals surface area contributed by atoms with Crippen LogP contribution in [0.25, 0.3) is 11.5 Å². The zero-order valence-corrected chi connectivity index (χ0v) is 19.8. The number of rotatable bonds is 5. The summed E-state index contributed by atoms with van der Waals surface area (Å²) in [5.74, 6) is -3.52. The first-order valence-corrected chi connectivity index (χ1v) is 11.4. The van der Waals surface area contributed by atoms with Gasteiger partial charge in [-0.15, -0.1) is 10.2 Å². The van der Waals surface area contributed by atoms with Crippen LogP contribution in [-0.4, -0.2) is 58.8 Å². The number of hydrogen-bond donors (Lipinski definition) is 0. The Bertz CT molecular complexity index is 1240. The number of hydrogen-bond acceptors (Lipinski definition) is 5. The number of anilines is 1. The van der Waals surface area contributed by atoms with Gasteiger partial charge in [0.1, 0.15) is 11.6 Å². The molecule has 0 atom stereocenters. The minimum Gasteiger partial charge on any atom is -0.413 e. The van der Waals surface area contributed by atoms with Crippen molar-refractivity contribution in [2.75, 3.05) is 37.6 Å². The first kappa shape index (κ1) is 25.8. The van der Waals surface area contributed by atoms with E-state index >= 15 is 4.39 Å². The molecule has 0 saturated carbocycles. The Morgan fingerprint density at radius 1 is 1.06 bits per heavy atom. The quantitative estimate of drug-likeness (QED) is 0.411.